The molecule has 4 heterocycles. The van der Waals surface area contributed by atoms with Gasteiger partial charge in [-0.15, -0.1) is 0 Å². The summed E-state index contributed by atoms with van der Waals surface area (Å²) >= 11 is 0. The van der Waals surface area contributed by atoms with Gasteiger partial charge in [-0.1, -0.05) is 0 Å². The molecule has 0 bridgehead atoms. The number of primary amides is 1. The lowest BCUT2D eigenvalue weighted by atomic mass is 9.94. The number of rotatable bonds is 4. The number of nitrogens with zero attached hydrogens (tertiary/aromatic N) is 6. The Morgan fingerprint density at radius 2 is 2.03 bits per heavy atom. The lowest BCUT2D eigenvalue weighted by Crippen LogP contribution is -2.42. The molecule has 1 atom stereocenters. The first kappa shape index (κ1) is 20.7. The van der Waals surface area contributed by atoms with E-state index < -0.39 is 5.91 Å². The predicted octanol–water partition coefficient (Wildman–Crippen LogP) is 1.27. The third kappa shape index (κ3) is 4.18. The molecule has 160 valence electrons. The van der Waals surface area contributed by atoms with E-state index in [1.807, 2.05) is 4.90 Å². The Kier molecular flexibility index (Phi) is 5.77. The second-order valence-corrected chi connectivity index (χ2v) is 7.68. The maximum absolute atomic E-state index is 13.2. The summed E-state index contributed by atoms with van der Waals surface area (Å²) in [5, 5.41) is 10.7. The molecular formula is C21H23N7O3. The first-order valence-electron chi connectivity index (χ1n) is 10.2. The highest BCUT2D eigenvalue weighted by Crippen LogP contribution is 2.34. The fourth-order valence-electron chi connectivity index (χ4n) is 3.98. The van der Waals surface area contributed by atoms with Crippen LogP contribution in [0.15, 0.2) is 24.5 Å². The highest BCUT2D eigenvalue weighted by atomic mass is 16.7. The van der Waals surface area contributed by atoms with Crippen molar-refractivity contribution in [1.82, 2.24) is 20.0 Å². The molecule has 10 nitrogen and oxygen atoms in total. The first-order chi connectivity index (χ1) is 15.0. The highest BCUT2D eigenvalue weighted by Gasteiger charge is 2.37. The van der Waals surface area contributed by atoms with E-state index in [0.717, 1.165) is 5.56 Å². The average molecular weight is 421 g/mol. The SMILES string of the molecule is Cc1ncc([C@@H]2CCON2C(=O)C2CCN(c3nccc(C(N)=O)n3)CC2)cc1C#N. The van der Waals surface area contributed by atoms with Crippen LogP contribution in [-0.2, 0) is 9.63 Å². The molecule has 31 heavy (non-hydrogen) atoms. The van der Waals surface area contributed by atoms with Gasteiger partial charge < -0.3 is 10.6 Å². The van der Waals surface area contributed by atoms with Gasteiger partial charge in [-0.2, -0.15) is 5.26 Å². The minimum atomic E-state index is -0.601. The molecule has 0 spiro atoms. The number of aromatic nitrogens is 3. The van der Waals surface area contributed by atoms with Crippen LogP contribution in [0.1, 0.15) is 52.6 Å². The van der Waals surface area contributed by atoms with Gasteiger partial charge in [0.25, 0.3) is 5.91 Å². The maximum atomic E-state index is 13.2. The van der Waals surface area contributed by atoms with Gasteiger partial charge >= 0.3 is 0 Å². The van der Waals surface area contributed by atoms with Gasteiger partial charge in [0.15, 0.2) is 0 Å². The zero-order chi connectivity index (χ0) is 22.0. The summed E-state index contributed by atoms with van der Waals surface area (Å²) in [4.78, 5) is 44.9. The Balaban J connectivity index is 1.43. The van der Waals surface area contributed by atoms with Gasteiger partial charge in [-0.3, -0.25) is 19.4 Å². The van der Waals surface area contributed by atoms with Gasteiger partial charge in [0, 0.05) is 37.8 Å². The molecule has 0 unspecified atom stereocenters. The summed E-state index contributed by atoms with van der Waals surface area (Å²) in [6.45, 7) is 3.40. The van der Waals surface area contributed by atoms with Crippen LogP contribution in [0.25, 0.3) is 0 Å². The third-order valence-electron chi connectivity index (χ3n) is 5.76. The Hall–Kier alpha value is -3.58. The molecule has 2 saturated heterocycles. The second-order valence-electron chi connectivity index (χ2n) is 7.68. The number of nitriles is 1. The van der Waals surface area contributed by atoms with E-state index >= 15 is 0 Å². The largest absolute Gasteiger partial charge is 0.364 e. The highest BCUT2D eigenvalue weighted by molar-refractivity contribution is 5.90. The van der Waals surface area contributed by atoms with Gasteiger partial charge in [-0.05, 0) is 37.5 Å². The standard InChI is InChI=1S/C21H23N7O3/c1-13-15(11-22)10-16(12-25-13)18-5-9-31-28(18)20(30)14-3-7-27(8-4-14)21-24-6-2-17(26-21)19(23)29/h2,6,10,12,14,18H,3-5,7-9H2,1H3,(H2,23,29)/t18-/m0/s1. The molecule has 2 fully saturated rings. The summed E-state index contributed by atoms with van der Waals surface area (Å²) < 4.78 is 0. The van der Waals surface area contributed by atoms with Gasteiger partial charge in [-0.25, -0.2) is 15.0 Å². The normalized spacial score (nSPS) is 19.3. The molecule has 2 aliphatic rings. The topological polar surface area (TPSA) is 138 Å². The summed E-state index contributed by atoms with van der Waals surface area (Å²) in [6, 6.07) is 5.16. The Bertz CT molecular complexity index is 1040. The van der Waals surface area contributed by atoms with E-state index in [2.05, 4.69) is 21.0 Å². The number of hydroxylamine groups is 2. The fraction of sp³-hybridized carbons (Fsp3) is 0.429. The van der Waals surface area contributed by atoms with Crippen molar-refractivity contribution in [3.05, 3.63) is 47.0 Å². The number of hydrogen-bond acceptors (Lipinski definition) is 8. The minimum Gasteiger partial charge on any atom is -0.364 e. The smallest absolute Gasteiger partial charge is 0.267 e. The Labute approximate surface area is 179 Å². The van der Waals surface area contributed by atoms with Crippen LogP contribution in [0, 0.1) is 24.2 Å². The Morgan fingerprint density at radius 1 is 1.26 bits per heavy atom. The third-order valence-corrected chi connectivity index (χ3v) is 5.76. The number of pyridine rings is 1. The van der Waals surface area contributed by atoms with E-state index in [1.165, 1.54) is 17.3 Å². The van der Waals surface area contributed by atoms with Crippen LogP contribution in [0.2, 0.25) is 0 Å². The number of amides is 2. The van der Waals surface area contributed by atoms with Crippen LogP contribution in [-0.4, -0.2) is 51.5 Å². The van der Waals surface area contributed by atoms with Crippen molar-refractivity contribution >= 4 is 17.8 Å². The van der Waals surface area contributed by atoms with Crippen molar-refractivity contribution in [3.63, 3.8) is 0 Å². The number of hydrogen-bond donors (Lipinski definition) is 1. The molecule has 2 aromatic heterocycles. The number of aryl methyl sites for hydroxylation is 1. The molecule has 2 aliphatic heterocycles. The number of carbonyl (C=O) groups excluding carboxylic acids is 2. The van der Waals surface area contributed by atoms with Crippen LogP contribution in [0.4, 0.5) is 5.95 Å². The van der Waals surface area contributed by atoms with Crippen molar-refractivity contribution in [2.75, 3.05) is 24.6 Å². The van der Waals surface area contributed by atoms with Crippen LogP contribution < -0.4 is 10.6 Å². The van der Waals surface area contributed by atoms with Crippen molar-refractivity contribution < 1.29 is 14.4 Å². The summed E-state index contributed by atoms with van der Waals surface area (Å²) in [5.74, 6) is -0.415. The molecule has 0 aromatic carbocycles. The zero-order valence-electron chi connectivity index (χ0n) is 17.2. The second kappa shape index (κ2) is 8.65. The number of carbonyl (C=O) groups is 2. The van der Waals surface area contributed by atoms with Crippen molar-refractivity contribution in [3.8, 4) is 6.07 Å². The van der Waals surface area contributed by atoms with Crippen molar-refractivity contribution in [2.24, 2.45) is 11.7 Å². The van der Waals surface area contributed by atoms with Crippen LogP contribution in [0.3, 0.4) is 0 Å². The maximum Gasteiger partial charge on any atom is 0.267 e. The summed E-state index contributed by atoms with van der Waals surface area (Å²) in [5.41, 5.74) is 7.44. The molecule has 0 radical (unpaired) electrons. The summed E-state index contributed by atoms with van der Waals surface area (Å²) in [6.07, 6.45) is 5.11. The Morgan fingerprint density at radius 3 is 2.74 bits per heavy atom. The molecule has 2 amide bonds. The van der Waals surface area contributed by atoms with Crippen molar-refractivity contribution in [1.29, 1.82) is 5.26 Å². The molecular weight excluding hydrogens is 398 g/mol. The van der Waals surface area contributed by atoms with Crippen LogP contribution >= 0.6 is 0 Å². The molecule has 2 N–H and O–H groups in total. The molecule has 10 heteroatoms. The van der Waals surface area contributed by atoms with Gasteiger partial charge in [0.05, 0.1) is 23.9 Å². The van der Waals surface area contributed by atoms with Crippen molar-refractivity contribution in [2.45, 2.75) is 32.2 Å². The predicted molar refractivity (Wildman–Crippen MR) is 109 cm³/mol. The molecule has 0 saturated carbocycles. The van der Waals surface area contributed by atoms with E-state index in [-0.39, 0.29) is 23.6 Å². The average Bonchev–Trinajstić information content (AvgIpc) is 3.29. The monoisotopic (exact) mass is 421 g/mol. The number of anilines is 1. The quantitative estimate of drug-likeness (QED) is 0.779. The van der Waals surface area contributed by atoms with E-state index in [1.54, 1.807) is 19.2 Å². The van der Waals surface area contributed by atoms with E-state index in [4.69, 9.17) is 10.6 Å². The van der Waals surface area contributed by atoms with Crippen LogP contribution in [0.5, 0.6) is 0 Å². The van der Waals surface area contributed by atoms with Gasteiger partial charge in [0.2, 0.25) is 11.9 Å². The number of piperidine rings is 1. The molecule has 0 aliphatic carbocycles. The molecule has 4 rings (SSSR count). The molecule has 2 aromatic rings. The lowest BCUT2D eigenvalue weighted by Gasteiger charge is -2.34. The zero-order valence-corrected chi connectivity index (χ0v) is 17.2. The lowest BCUT2D eigenvalue weighted by molar-refractivity contribution is -0.182. The van der Waals surface area contributed by atoms with E-state index in [9.17, 15) is 14.9 Å². The van der Waals surface area contributed by atoms with E-state index in [0.29, 0.717) is 56.2 Å². The summed E-state index contributed by atoms with van der Waals surface area (Å²) in [7, 11) is 0. The fourth-order valence-corrected chi connectivity index (χ4v) is 3.98. The first-order valence-corrected chi connectivity index (χ1v) is 10.2. The van der Waals surface area contributed by atoms with Gasteiger partial charge in [0.1, 0.15) is 11.8 Å². The number of nitrogens with two attached hydrogens (primary N) is 1. The minimum absolute atomic E-state index is 0.0620.